The highest BCUT2D eigenvalue weighted by Crippen LogP contribution is 2.10. The van der Waals surface area contributed by atoms with E-state index in [2.05, 4.69) is 17.6 Å². The van der Waals surface area contributed by atoms with Gasteiger partial charge in [-0.2, -0.15) is 0 Å². The average Bonchev–Trinajstić information content (AvgIpc) is 2.36. The fourth-order valence-electron chi connectivity index (χ4n) is 1.49. The third kappa shape index (κ3) is 4.30. The molecule has 2 N–H and O–H groups in total. The van der Waals surface area contributed by atoms with E-state index >= 15 is 0 Å². The van der Waals surface area contributed by atoms with Crippen molar-refractivity contribution >= 4 is 17.4 Å². The molecule has 0 aliphatic rings. The number of carbonyl (C=O) groups is 2. The second-order valence-corrected chi connectivity index (χ2v) is 4.30. The Morgan fingerprint density at radius 1 is 1.22 bits per heavy atom. The third-order valence-electron chi connectivity index (χ3n) is 2.65. The number of ketones is 1. The molecule has 0 aliphatic heterocycles. The maximum absolute atomic E-state index is 11.8. The lowest BCUT2D eigenvalue weighted by Crippen LogP contribution is -2.38. The van der Waals surface area contributed by atoms with Crippen molar-refractivity contribution in [3.63, 3.8) is 0 Å². The number of hydrogen-bond acceptors (Lipinski definition) is 3. The van der Waals surface area contributed by atoms with Gasteiger partial charge in [-0.15, -0.1) is 0 Å². The van der Waals surface area contributed by atoms with Crippen LogP contribution in [0.25, 0.3) is 0 Å². The van der Waals surface area contributed by atoms with Crippen LogP contribution < -0.4 is 10.6 Å². The predicted molar refractivity (Wildman–Crippen MR) is 72.8 cm³/mol. The molecule has 1 aromatic rings. The summed E-state index contributed by atoms with van der Waals surface area (Å²) in [6, 6.07) is 6.67. The number of carbonyl (C=O) groups excluding carboxylic acids is 2. The fraction of sp³-hybridized carbons (Fsp3) is 0.429. The summed E-state index contributed by atoms with van der Waals surface area (Å²) in [5, 5.41) is 5.92. The van der Waals surface area contributed by atoms with Crippen LogP contribution in [-0.2, 0) is 4.79 Å². The van der Waals surface area contributed by atoms with Gasteiger partial charge in [0.15, 0.2) is 5.78 Å². The molecule has 0 aliphatic carbocycles. The van der Waals surface area contributed by atoms with Gasteiger partial charge in [-0.1, -0.05) is 6.92 Å². The van der Waals surface area contributed by atoms with Crippen LogP contribution in [0.5, 0.6) is 0 Å². The van der Waals surface area contributed by atoms with Crippen LogP contribution in [-0.4, -0.2) is 24.3 Å². The Labute approximate surface area is 108 Å². The van der Waals surface area contributed by atoms with Gasteiger partial charge in [-0.3, -0.25) is 9.59 Å². The van der Waals surface area contributed by atoms with Crippen molar-refractivity contribution in [2.24, 2.45) is 0 Å². The predicted octanol–water partition coefficient (Wildman–Crippen LogP) is 2.22. The second-order valence-electron chi connectivity index (χ2n) is 4.30. The maximum atomic E-state index is 11.8. The van der Waals surface area contributed by atoms with Crippen LogP contribution in [0.15, 0.2) is 24.3 Å². The number of hydrogen-bond donors (Lipinski definition) is 2. The normalized spacial score (nSPS) is 11.9. The Hall–Kier alpha value is -1.68. The topological polar surface area (TPSA) is 58.2 Å². The quantitative estimate of drug-likeness (QED) is 0.759. The van der Waals surface area contributed by atoms with Gasteiger partial charge in [0.1, 0.15) is 0 Å². The zero-order valence-corrected chi connectivity index (χ0v) is 11.1. The minimum Gasteiger partial charge on any atom is -0.325 e. The molecule has 1 aromatic carbocycles. The van der Waals surface area contributed by atoms with E-state index in [1.807, 2.05) is 6.92 Å². The average molecular weight is 248 g/mol. The van der Waals surface area contributed by atoms with Crippen molar-refractivity contribution < 1.29 is 9.59 Å². The minimum absolute atomic E-state index is 0.0193. The lowest BCUT2D eigenvalue weighted by atomic mass is 10.1. The lowest BCUT2D eigenvalue weighted by molar-refractivity contribution is -0.117. The van der Waals surface area contributed by atoms with Crippen LogP contribution in [0.4, 0.5) is 5.69 Å². The number of benzene rings is 1. The van der Waals surface area contributed by atoms with Crippen molar-refractivity contribution in [1.29, 1.82) is 0 Å². The molecule has 18 heavy (non-hydrogen) atoms. The van der Waals surface area contributed by atoms with E-state index in [-0.39, 0.29) is 17.7 Å². The summed E-state index contributed by atoms with van der Waals surface area (Å²) < 4.78 is 0. The molecule has 0 fully saturated rings. The third-order valence-corrected chi connectivity index (χ3v) is 2.65. The molecule has 1 unspecified atom stereocenters. The van der Waals surface area contributed by atoms with Gasteiger partial charge in [-0.05, 0) is 51.1 Å². The zero-order chi connectivity index (χ0) is 13.5. The summed E-state index contributed by atoms with van der Waals surface area (Å²) in [4.78, 5) is 22.9. The Kier molecular flexibility index (Phi) is 5.52. The number of nitrogens with one attached hydrogen (secondary N) is 2. The van der Waals surface area contributed by atoms with Gasteiger partial charge in [-0.25, -0.2) is 0 Å². The molecule has 4 nitrogen and oxygen atoms in total. The summed E-state index contributed by atoms with van der Waals surface area (Å²) in [6.07, 6.45) is 0.991. The molecular formula is C14H20N2O2. The molecule has 0 saturated carbocycles. The molecule has 0 bridgehead atoms. The molecule has 0 spiro atoms. The summed E-state index contributed by atoms with van der Waals surface area (Å²) in [7, 11) is 0. The number of anilines is 1. The van der Waals surface area contributed by atoms with Crippen LogP contribution in [0.3, 0.4) is 0 Å². The van der Waals surface area contributed by atoms with E-state index in [4.69, 9.17) is 0 Å². The smallest absolute Gasteiger partial charge is 0.241 e. The molecule has 98 valence electrons. The molecular weight excluding hydrogens is 228 g/mol. The van der Waals surface area contributed by atoms with Crippen molar-refractivity contribution in [2.75, 3.05) is 11.9 Å². The van der Waals surface area contributed by atoms with Gasteiger partial charge in [0.25, 0.3) is 0 Å². The highest BCUT2D eigenvalue weighted by Gasteiger charge is 2.11. The Bertz CT molecular complexity index is 412. The molecule has 0 heterocycles. The van der Waals surface area contributed by atoms with Gasteiger partial charge in [0, 0.05) is 11.3 Å². The van der Waals surface area contributed by atoms with Crippen LogP contribution >= 0.6 is 0 Å². The highest BCUT2D eigenvalue weighted by atomic mass is 16.2. The highest BCUT2D eigenvalue weighted by molar-refractivity contribution is 5.96. The molecule has 1 amide bonds. The Morgan fingerprint density at radius 3 is 2.33 bits per heavy atom. The first kappa shape index (κ1) is 14.4. The summed E-state index contributed by atoms with van der Waals surface area (Å²) in [6.45, 7) is 6.22. The first-order valence-electron chi connectivity index (χ1n) is 6.19. The second kappa shape index (κ2) is 6.91. The van der Waals surface area contributed by atoms with Crippen molar-refractivity contribution in [3.8, 4) is 0 Å². The SMILES string of the molecule is CCCNC(C)C(=O)Nc1ccc(C(C)=O)cc1. The van der Waals surface area contributed by atoms with Gasteiger partial charge in [0.05, 0.1) is 6.04 Å². The summed E-state index contributed by atoms with van der Waals surface area (Å²) in [5.41, 5.74) is 1.35. The van der Waals surface area contributed by atoms with Gasteiger partial charge in [0.2, 0.25) is 5.91 Å². The van der Waals surface area contributed by atoms with E-state index in [0.717, 1.165) is 13.0 Å². The van der Waals surface area contributed by atoms with E-state index in [1.165, 1.54) is 6.92 Å². The molecule has 0 radical (unpaired) electrons. The number of amides is 1. The van der Waals surface area contributed by atoms with Crippen LogP contribution in [0, 0.1) is 0 Å². The summed E-state index contributed by atoms with van der Waals surface area (Å²) >= 11 is 0. The minimum atomic E-state index is -0.225. The van der Waals surface area contributed by atoms with Crippen molar-refractivity contribution in [3.05, 3.63) is 29.8 Å². The standard InChI is InChI=1S/C14H20N2O2/c1-4-9-15-10(2)14(18)16-13-7-5-12(6-8-13)11(3)17/h5-8,10,15H,4,9H2,1-3H3,(H,16,18). The van der Waals surface area contributed by atoms with Crippen molar-refractivity contribution in [2.45, 2.75) is 33.2 Å². The fourth-order valence-corrected chi connectivity index (χ4v) is 1.49. The maximum Gasteiger partial charge on any atom is 0.241 e. The van der Waals surface area contributed by atoms with E-state index in [1.54, 1.807) is 24.3 Å². The monoisotopic (exact) mass is 248 g/mol. The van der Waals surface area contributed by atoms with E-state index in [0.29, 0.717) is 11.3 Å². The van der Waals surface area contributed by atoms with Crippen LogP contribution in [0.1, 0.15) is 37.6 Å². The van der Waals surface area contributed by atoms with Crippen molar-refractivity contribution in [1.82, 2.24) is 5.32 Å². The Morgan fingerprint density at radius 2 is 1.83 bits per heavy atom. The van der Waals surface area contributed by atoms with Gasteiger partial charge >= 0.3 is 0 Å². The Balaban J connectivity index is 2.56. The largest absolute Gasteiger partial charge is 0.325 e. The first-order valence-corrected chi connectivity index (χ1v) is 6.19. The summed E-state index contributed by atoms with van der Waals surface area (Å²) in [5.74, 6) is -0.0510. The molecule has 0 aromatic heterocycles. The van der Waals surface area contributed by atoms with Gasteiger partial charge < -0.3 is 10.6 Å². The molecule has 4 heteroatoms. The number of Topliss-reactive ketones (excluding diaryl/α,β-unsaturated/α-hetero) is 1. The lowest BCUT2D eigenvalue weighted by Gasteiger charge is -2.13. The van der Waals surface area contributed by atoms with Crippen LogP contribution in [0.2, 0.25) is 0 Å². The first-order chi connectivity index (χ1) is 8.54. The van der Waals surface area contributed by atoms with E-state index < -0.39 is 0 Å². The number of rotatable bonds is 6. The van der Waals surface area contributed by atoms with E-state index in [9.17, 15) is 9.59 Å². The molecule has 0 saturated heterocycles. The zero-order valence-electron chi connectivity index (χ0n) is 11.1. The molecule has 1 atom stereocenters. The molecule has 1 rings (SSSR count).